The SMILES string of the molecule is C=C.NC(=O)c1ccc(-c2ccccc2)cc1.c1cc2c(cc1CCCN1CCCCC1)OCCO2. The highest BCUT2D eigenvalue weighted by molar-refractivity contribution is 5.93. The van der Waals surface area contributed by atoms with Crippen molar-refractivity contribution in [1.82, 2.24) is 4.90 Å². The van der Waals surface area contributed by atoms with Crippen molar-refractivity contribution < 1.29 is 14.3 Å². The van der Waals surface area contributed by atoms with E-state index >= 15 is 0 Å². The Balaban J connectivity index is 0.000000193. The van der Waals surface area contributed by atoms with Gasteiger partial charge in [0.2, 0.25) is 5.91 Å². The molecule has 0 saturated carbocycles. The highest BCUT2D eigenvalue weighted by Crippen LogP contribution is 2.31. The fraction of sp³-hybridized carbons (Fsp3) is 0.323. The number of nitrogens with two attached hydrogens (primary N) is 1. The van der Waals surface area contributed by atoms with Crippen LogP contribution in [-0.2, 0) is 6.42 Å². The topological polar surface area (TPSA) is 64.8 Å². The van der Waals surface area contributed by atoms with Gasteiger partial charge >= 0.3 is 0 Å². The first-order valence-electron chi connectivity index (χ1n) is 12.8. The van der Waals surface area contributed by atoms with E-state index in [1.807, 2.05) is 48.5 Å². The van der Waals surface area contributed by atoms with Gasteiger partial charge in [0.05, 0.1) is 0 Å². The molecule has 36 heavy (non-hydrogen) atoms. The van der Waals surface area contributed by atoms with Gasteiger partial charge in [0.25, 0.3) is 0 Å². The number of rotatable bonds is 6. The van der Waals surface area contributed by atoms with E-state index in [4.69, 9.17) is 15.2 Å². The molecule has 3 aromatic carbocycles. The maximum atomic E-state index is 10.9. The molecule has 0 unspecified atom stereocenters. The van der Waals surface area contributed by atoms with Crippen LogP contribution in [0.3, 0.4) is 0 Å². The van der Waals surface area contributed by atoms with Crippen LogP contribution in [0.2, 0.25) is 0 Å². The molecule has 0 bridgehead atoms. The number of fused-ring (bicyclic) bond motifs is 1. The second-order valence-electron chi connectivity index (χ2n) is 8.79. The van der Waals surface area contributed by atoms with E-state index in [1.54, 1.807) is 12.1 Å². The second-order valence-corrected chi connectivity index (χ2v) is 8.79. The lowest BCUT2D eigenvalue weighted by atomic mass is 10.0. The van der Waals surface area contributed by atoms with Gasteiger partial charge in [0.1, 0.15) is 13.2 Å². The number of amides is 1. The maximum Gasteiger partial charge on any atom is 0.248 e. The summed E-state index contributed by atoms with van der Waals surface area (Å²) in [4.78, 5) is 13.5. The molecule has 0 aliphatic carbocycles. The van der Waals surface area contributed by atoms with Gasteiger partial charge in [-0.15, -0.1) is 13.2 Å². The van der Waals surface area contributed by atoms with Gasteiger partial charge in [0.15, 0.2) is 11.5 Å². The van der Waals surface area contributed by atoms with E-state index < -0.39 is 5.91 Å². The zero-order valence-corrected chi connectivity index (χ0v) is 21.2. The number of aryl methyl sites for hydroxylation is 1. The minimum Gasteiger partial charge on any atom is -0.486 e. The molecule has 5 heteroatoms. The van der Waals surface area contributed by atoms with Crippen LogP contribution in [0.4, 0.5) is 0 Å². The minimum absolute atomic E-state index is 0.394. The molecule has 2 aliphatic rings. The summed E-state index contributed by atoms with van der Waals surface area (Å²) < 4.78 is 11.2. The molecule has 1 amide bonds. The van der Waals surface area contributed by atoms with Crippen LogP contribution in [0.5, 0.6) is 11.5 Å². The Morgan fingerprint density at radius 3 is 2.11 bits per heavy atom. The number of carbonyl (C=O) groups excluding carboxylic acids is 1. The van der Waals surface area contributed by atoms with Crippen molar-refractivity contribution in [2.45, 2.75) is 32.1 Å². The molecule has 2 heterocycles. The standard InChI is InChI=1S/C16H23NO2.C13H11NO.C2H4/c1-2-8-17(9-3-1)10-4-5-14-6-7-15-16(13-14)19-12-11-18-15;14-13(15)12-8-6-11(7-9-12)10-4-2-1-3-5-10;1-2/h6-7,13H,1-5,8-12H2;1-9H,(H2,14,15);1-2H2. The van der Waals surface area contributed by atoms with Gasteiger partial charge < -0.3 is 20.1 Å². The normalized spacial score (nSPS) is 14.4. The summed E-state index contributed by atoms with van der Waals surface area (Å²) >= 11 is 0. The molecule has 0 spiro atoms. The summed E-state index contributed by atoms with van der Waals surface area (Å²) in [7, 11) is 0. The van der Waals surface area contributed by atoms with Crippen LogP contribution in [0, 0.1) is 0 Å². The molecule has 2 aliphatic heterocycles. The number of hydrogen-bond donors (Lipinski definition) is 1. The number of benzene rings is 3. The van der Waals surface area contributed by atoms with Crippen molar-refractivity contribution >= 4 is 5.91 Å². The molecule has 0 atom stereocenters. The van der Waals surface area contributed by atoms with Gasteiger partial charge in [-0.2, -0.15) is 0 Å². The van der Waals surface area contributed by atoms with E-state index in [2.05, 4.69) is 30.2 Å². The van der Waals surface area contributed by atoms with Crippen molar-refractivity contribution in [1.29, 1.82) is 0 Å². The van der Waals surface area contributed by atoms with Crippen LogP contribution in [0.25, 0.3) is 11.1 Å². The number of hydrogen-bond acceptors (Lipinski definition) is 4. The number of piperidine rings is 1. The molecule has 5 nitrogen and oxygen atoms in total. The number of likely N-dealkylation sites (tertiary alicyclic amines) is 1. The molecular weight excluding hydrogens is 448 g/mol. The molecule has 3 aromatic rings. The number of primary amides is 1. The lowest BCUT2D eigenvalue weighted by Crippen LogP contribution is -2.30. The first-order valence-corrected chi connectivity index (χ1v) is 12.8. The van der Waals surface area contributed by atoms with E-state index in [0.29, 0.717) is 18.8 Å². The van der Waals surface area contributed by atoms with Crippen molar-refractivity contribution in [3.8, 4) is 22.6 Å². The molecule has 0 radical (unpaired) electrons. The molecule has 190 valence electrons. The van der Waals surface area contributed by atoms with Crippen LogP contribution in [0.15, 0.2) is 86.0 Å². The van der Waals surface area contributed by atoms with E-state index in [1.165, 1.54) is 50.9 Å². The van der Waals surface area contributed by atoms with Crippen LogP contribution < -0.4 is 15.2 Å². The van der Waals surface area contributed by atoms with Crippen LogP contribution >= 0.6 is 0 Å². The predicted octanol–water partition coefficient (Wildman–Crippen LogP) is 6.13. The van der Waals surface area contributed by atoms with Crippen molar-refractivity contribution in [2.75, 3.05) is 32.8 Å². The summed E-state index contributed by atoms with van der Waals surface area (Å²) in [6, 6.07) is 23.6. The quantitative estimate of drug-likeness (QED) is 0.426. The first kappa shape index (κ1) is 27.0. The molecule has 1 saturated heterocycles. The minimum atomic E-state index is -0.394. The van der Waals surface area contributed by atoms with E-state index in [9.17, 15) is 4.79 Å². The van der Waals surface area contributed by atoms with Gasteiger partial charge in [0, 0.05) is 5.56 Å². The smallest absolute Gasteiger partial charge is 0.248 e. The molecule has 1 fully saturated rings. The van der Waals surface area contributed by atoms with Gasteiger partial charge in [-0.1, -0.05) is 55.0 Å². The highest BCUT2D eigenvalue weighted by atomic mass is 16.6. The fourth-order valence-corrected chi connectivity index (χ4v) is 4.39. The lowest BCUT2D eigenvalue weighted by molar-refractivity contribution is 0.100. The number of nitrogens with zero attached hydrogens (tertiary/aromatic N) is 1. The summed E-state index contributed by atoms with van der Waals surface area (Å²) in [6.07, 6.45) is 6.54. The summed E-state index contributed by atoms with van der Waals surface area (Å²) in [5, 5.41) is 0. The van der Waals surface area contributed by atoms with Gasteiger partial charge in [-0.25, -0.2) is 0 Å². The Morgan fingerprint density at radius 2 is 1.44 bits per heavy atom. The van der Waals surface area contributed by atoms with Crippen molar-refractivity contribution in [3.05, 3.63) is 97.1 Å². The van der Waals surface area contributed by atoms with Crippen molar-refractivity contribution in [2.24, 2.45) is 5.73 Å². The lowest BCUT2D eigenvalue weighted by Gasteiger charge is -2.26. The third-order valence-electron chi connectivity index (χ3n) is 6.27. The molecule has 2 N–H and O–H groups in total. The monoisotopic (exact) mass is 486 g/mol. The summed E-state index contributed by atoms with van der Waals surface area (Å²) in [5.74, 6) is 1.42. The average Bonchev–Trinajstić information content (AvgIpc) is 2.95. The summed E-state index contributed by atoms with van der Waals surface area (Å²) in [5.41, 5.74) is 9.28. The van der Waals surface area contributed by atoms with Crippen LogP contribution in [0.1, 0.15) is 41.6 Å². The third kappa shape index (κ3) is 8.28. The van der Waals surface area contributed by atoms with Gasteiger partial charge in [-0.3, -0.25) is 4.79 Å². The fourth-order valence-electron chi connectivity index (χ4n) is 4.39. The van der Waals surface area contributed by atoms with Gasteiger partial charge in [-0.05, 0) is 86.3 Å². The Kier molecular flexibility index (Phi) is 11.1. The maximum absolute atomic E-state index is 10.9. The van der Waals surface area contributed by atoms with E-state index in [0.717, 1.165) is 29.0 Å². The zero-order valence-electron chi connectivity index (χ0n) is 21.2. The predicted molar refractivity (Wildman–Crippen MR) is 148 cm³/mol. The Morgan fingerprint density at radius 1 is 0.806 bits per heavy atom. The number of carbonyl (C=O) groups is 1. The highest BCUT2D eigenvalue weighted by Gasteiger charge is 2.12. The molecule has 0 aromatic heterocycles. The number of ether oxygens (including phenoxy) is 2. The molecular formula is C31H38N2O3. The van der Waals surface area contributed by atoms with E-state index in [-0.39, 0.29) is 0 Å². The van der Waals surface area contributed by atoms with Crippen LogP contribution in [-0.4, -0.2) is 43.7 Å². The second kappa shape index (κ2) is 14.7. The first-order chi connectivity index (χ1) is 17.7. The Bertz CT molecular complexity index is 1060. The van der Waals surface area contributed by atoms with Crippen molar-refractivity contribution in [3.63, 3.8) is 0 Å². The largest absolute Gasteiger partial charge is 0.486 e. The zero-order chi connectivity index (χ0) is 25.6. The average molecular weight is 487 g/mol. The third-order valence-corrected chi connectivity index (χ3v) is 6.27. The molecule has 5 rings (SSSR count). The Labute approximate surface area is 215 Å². The Hall–Kier alpha value is -3.57. The summed E-state index contributed by atoms with van der Waals surface area (Å²) in [6.45, 7) is 11.2.